The molecule has 0 bridgehead atoms. The molecule has 1 amide bonds. The second-order valence-electron chi connectivity index (χ2n) is 4.80. The number of rotatable bonds is 4. The molecule has 3 aromatic rings. The molecule has 0 aliphatic carbocycles. The summed E-state index contributed by atoms with van der Waals surface area (Å²) in [7, 11) is 0. The average molecular weight is 334 g/mol. The van der Waals surface area contributed by atoms with Crippen LogP contribution < -0.4 is 5.32 Å². The number of nitrogens with one attached hydrogen (secondary N) is 2. The van der Waals surface area contributed by atoms with Crippen molar-refractivity contribution in [1.29, 1.82) is 0 Å². The number of hydrogen-bond acceptors (Lipinski definition) is 4. The van der Waals surface area contributed by atoms with Gasteiger partial charge in [-0.1, -0.05) is 11.8 Å². The number of aromatic amines is 1. The van der Waals surface area contributed by atoms with Gasteiger partial charge in [0.1, 0.15) is 0 Å². The summed E-state index contributed by atoms with van der Waals surface area (Å²) in [5.74, 6) is -2.81. The molecule has 0 saturated carbocycles. The van der Waals surface area contributed by atoms with Crippen LogP contribution in [0.1, 0.15) is 16.1 Å². The lowest BCUT2D eigenvalue weighted by Gasteiger charge is -2.06. The zero-order valence-electron chi connectivity index (χ0n) is 12.0. The van der Waals surface area contributed by atoms with Crippen LogP contribution in [0.5, 0.6) is 0 Å². The number of alkyl halides is 2. The van der Waals surface area contributed by atoms with Gasteiger partial charge in [0.2, 0.25) is 0 Å². The van der Waals surface area contributed by atoms with Crippen LogP contribution in [0.3, 0.4) is 0 Å². The predicted molar refractivity (Wildman–Crippen MR) is 84.9 cm³/mol. The molecule has 3 rings (SSSR count). The molecule has 23 heavy (non-hydrogen) atoms. The number of pyridine rings is 1. The Kier molecular flexibility index (Phi) is 4.24. The molecule has 8 heteroatoms. The Morgan fingerprint density at radius 3 is 2.74 bits per heavy atom. The third-order valence-electron chi connectivity index (χ3n) is 3.20. The van der Waals surface area contributed by atoms with Gasteiger partial charge in [-0.25, -0.2) is 4.98 Å². The van der Waals surface area contributed by atoms with Crippen molar-refractivity contribution < 1.29 is 13.6 Å². The molecule has 0 unspecified atom stereocenters. The van der Waals surface area contributed by atoms with Crippen LogP contribution in [0.4, 0.5) is 14.5 Å². The molecular weight excluding hydrogens is 322 g/mol. The van der Waals surface area contributed by atoms with Gasteiger partial charge < -0.3 is 5.32 Å². The maximum absolute atomic E-state index is 12.3. The van der Waals surface area contributed by atoms with Crippen molar-refractivity contribution in [2.75, 3.05) is 5.32 Å². The quantitative estimate of drug-likeness (QED) is 0.711. The van der Waals surface area contributed by atoms with Crippen molar-refractivity contribution in [3.05, 3.63) is 47.8 Å². The second-order valence-corrected chi connectivity index (χ2v) is 5.86. The fourth-order valence-corrected chi connectivity index (χ4v) is 2.58. The standard InChI is InChI=1S/C15H12F2N4OS/c1-8-12-6-10(7-18-13(12)21-20-8)19-14(22)9-2-4-11(5-3-9)23-15(16)17/h2-7,15H,1H3,(H,19,22)(H,18,20,21). The minimum atomic E-state index is -2.48. The summed E-state index contributed by atoms with van der Waals surface area (Å²) in [6, 6.07) is 7.78. The van der Waals surface area contributed by atoms with E-state index in [1.165, 1.54) is 30.5 Å². The molecular formula is C15H12F2N4OS. The summed E-state index contributed by atoms with van der Waals surface area (Å²) in [5, 5.41) is 10.4. The van der Waals surface area contributed by atoms with E-state index in [4.69, 9.17) is 0 Å². The number of hydrogen-bond donors (Lipinski definition) is 2. The molecule has 1 aromatic carbocycles. The van der Waals surface area contributed by atoms with Crippen LogP contribution in [0, 0.1) is 6.92 Å². The van der Waals surface area contributed by atoms with E-state index in [0.717, 1.165) is 11.1 Å². The van der Waals surface area contributed by atoms with Crippen LogP contribution in [0.2, 0.25) is 0 Å². The van der Waals surface area contributed by atoms with Crippen molar-refractivity contribution in [3.8, 4) is 0 Å². The van der Waals surface area contributed by atoms with Crippen LogP contribution in [0.25, 0.3) is 11.0 Å². The Balaban J connectivity index is 1.75. The number of fused-ring (bicyclic) bond motifs is 1. The van der Waals surface area contributed by atoms with Crippen molar-refractivity contribution >= 4 is 34.4 Å². The van der Waals surface area contributed by atoms with Gasteiger partial charge in [0.05, 0.1) is 11.9 Å². The largest absolute Gasteiger partial charge is 0.321 e. The zero-order valence-corrected chi connectivity index (χ0v) is 12.8. The number of anilines is 1. The molecule has 5 nitrogen and oxygen atoms in total. The van der Waals surface area contributed by atoms with Gasteiger partial charge in [0.15, 0.2) is 5.65 Å². The van der Waals surface area contributed by atoms with Crippen LogP contribution in [-0.2, 0) is 0 Å². The van der Waals surface area contributed by atoms with E-state index in [9.17, 15) is 13.6 Å². The molecule has 0 saturated heterocycles. The van der Waals surface area contributed by atoms with E-state index in [2.05, 4.69) is 20.5 Å². The van der Waals surface area contributed by atoms with Crippen molar-refractivity contribution in [3.63, 3.8) is 0 Å². The maximum atomic E-state index is 12.3. The highest BCUT2D eigenvalue weighted by Crippen LogP contribution is 2.25. The molecule has 0 spiro atoms. The highest BCUT2D eigenvalue weighted by molar-refractivity contribution is 7.99. The van der Waals surface area contributed by atoms with Crippen LogP contribution >= 0.6 is 11.8 Å². The maximum Gasteiger partial charge on any atom is 0.288 e. The highest BCUT2D eigenvalue weighted by Gasteiger charge is 2.10. The average Bonchev–Trinajstić information content (AvgIpc) is 2.88. The molecule has 2 heterocycles. The number of aryl methyl sites for hydroxylation is 1. The van der Waals surface area contributed by atoms with E-state index in [-0.39, 0.29) is 5.91 Å². The highest BCUT2D eigenvalue weighted by atomic mass is 32.2. The first-order valence-corrected chi connectivity index (χ1v) is 7.58. The van der Waals surface area contributed by atoms with Crippen LogP contribution in [-0.4, -0.2) is 26.8 Å². The summed E-state index contributed by atoms with van der Waals surface area (Å²) in [6.07, 6.45) is 1.52. The number of halogens is 2. The summed E-state index contributed by atoms with van der Waals surface area (Å²) in [5.41, 5.74) is 2.36. The first-order chi connectivity index (χ1) is 11.0. The topological polar surface area (TPSA) is 70.7 Å². The van der Waals surface area contributed by atoms with E-state index in [1.54, 1.807) is 6.07 Å². The Morgan fingerprint density at radius 1 is 1.30 bits per heavy atom. The molecule has 2 N–H and O–H groups in total. The SMILES string of the molecule is Cc1[nH]nc2ncc(NC(=O)c3ccc(SC(F)F)cc3)cc12. The summed E-state index contributed by atoms with van der Waals surface area (Å²) in [6.45, 7) is 1.86. The first kappa shape index (κ1) is 15.4. The molecule has 0 atom stereocenters. The Bertz CT molecular complexity index is 848. The van der Waals surface area contributed by atoms with Gasteiger partial charge in [-0.15, -0.1) is 0 Å². The van der Waals surface area contributed by atoms with E-state index < -0.39 is 5.76 Å². The fraction of sp³-hybridized carbons (Fsp3) is 0.133. The summed E-state index contributed by atoms with van der Waals surface area (Å²) in [4.78, 5) is 16.8. The minimum absolute atomic E-state index is 0.333. The van der Waals surface area contributed by atoms with Gasteiger partial charge in [-0.05, 0) is 37.3 Å². The lowest BCUT2D eigenvalue weighted by Crippen LogP contribution is -2.11. The number of aromatic nitrogens is 3. The lowest BCUT2D eigenvalue weighted by molar-refractivity contribution is 0.102. The molecule has 0 fully saturated rings. The van der Waals surface area contributed by atoms with Crippen molar-refractivity contribution in [1.82, 2.24) is 15.2 Å². The Hall–Kier alpha value is -2.48. The number of H-pyrrole nitrogens is 1. The first-order valence-electron chi connectivity index (χ1n) is 6.70. The van der Waals surface area contributed by atoms with Gasteiger partial charge in [-0.2, -0.15) is 13.9 Å². The second kappa shape index (κ2) is 6.33. The predicted octanol–water partition coefficient (Wildman–Crippen LogP) is 3.83. The zero-order chi connectivity index (χ0) is 16.4. The van der Waals surface area contributed by atoms with Gasteiger partial charge in [-0.3, -0.25) is 9.89 Å². The Labute approximate surface area is 134 Å². The number of amides is 1. The molecule has 0 aliphatic heterocycles. The third kappa shape index (κ3) is 3.48. The van der Waals surface area contributed by atoms with Crippen LogP contribution in [0.15, 0.2) is 41.4 Å². The van der Waals surface area contributed by atoms with E-state index >= 15 is 0 Å². The molecule has 2 aromatic heterocycles. The number of benzene rings is 1. The third-order valence-corrected chi connectivity index (χ3v) is 3.92. The minimum Gasteiger partial charge on any atom is -0.321 e. The lowest BCUT2D eigenvalue weighted by atomic mass is 10.2. The summed E-state index contributed by atoms with van der Waals surface area (Å²) >= 11 is 0.441. The summed E-state index contributed by atoms with van der Waals surface area (Å²) < 4.78 is 24.5. The monoisotopic (exact) mass is 334 g/mol. The number of carbonyl (C=O) groups excluding carboxylic acids is 1. The van der Waals surface area contributed by atoms with Gasteiger partial charge >= 0.3 is 0 Å². The number of carbonyl (C=O) groups is 1. The van der Waals surface area contributed by atoms with E-state index in [1.807, 2.05) is 6.92 Å². The Morgan fingerprint density at radius 2 is 2.04 bits per heavy atom. The molecule has 0 radical (unpaired) electrons. The number of thioether (sulfide) groups is 1. The van der Waals surface area contributed by atoms with Crippen molar-refractivity contribution in [2.45, 2.75) is 17.6 Å². The van der Waals surface area contributed by atoms with Gasteiger partial charge in [0, 0.05) is 21.5 Å². The van der Waals surface area contributed by atoms with Crippen molar-refractivity contribution in [2.24, 2.45) is 0 Å². The van der Waals surface area contributed by atoms with Gasteiger partial charge in [0.25, 0.3) is 11.7 Å². The fourth-order valence-electron chi connectivity index (χ4n) is 2.08. The number of nitrogens with zero attached hydrogens (tertiary/aromatic N) is 2. The normalized spacial score (nSPS) is 11.1. The van der Waals surface area contributed by atoms with E-state index in [0.29, 0.717) is 33.6 Å². The molecule has 0 aliphatic rings. The smallest absolute Gasteiger partial charge is 0.288 e. The molecule has 118 valence electrons.